The quantitative estimate of drug-likeness (QED) is 0.934. The number of ether oxygens (including phenoxy) is 2. The lowest BCUT2D eigenvalue weighted by atomic mass is 9.84. The van der Waals surface area contributed by atoms with Crippen LogP contribution in [0.5, 0.6) is 11.5 Å². The van der Waals surface area contributed by atoms with Crippen LogP contribution >= 0.6 is 0 Å². The van der Waals surface area contributed by atoms with Crippen LogP contribution in [0.2, 0.25) is 0 Å². The molecule has 2 bridgehead atoms. The second-order valence-corrected chi connectivity index (χ2v) is 7.00. The number of rotatable bonds is 3. The minimum atomic E-state index is -0.545. The van der Waals surface area contributed by atoms with Gasteiger partial charge in [0.05, 0.1) is 0 Å². The molecule has 0 saturated heterocycles. The molecule has 2 saturated carbocycles. The summed E-state index contributed by atoms with van der Waals surface area (Å²) in [5.74, 6) is 3.67. The Bertz CT molecular complexity index is 573. The van der Waals surface area contributed by atoms with Gasteiger partial charge in [-0.1, -0.05) is 18.6 Å². The van der Waals surface area contributed by atoms with Crippen molar-refractivity contribution in [2.75, 3.05) is 6.61 Å². The summed E-state index contributed by atoms with van der Waals surface area (Å²) in [6.07, 6.45) is 4.82. The van der Waals surface area contributed by atoms with Crippen LogP contribution in [0.15, 0.2) is 24.3 Å². The topological polar surface area (TPSA) is 47.6 Å². The number of carbonyl (C=O) groups excluding carboxylic acids is 1. The molecule has 0 unspecified atom stereocenters. The lowest BCUT2D eigenvalue weighted by molar-refractivity contribution is -0.131. The van der Waals surface area contributed by atoms with Crippen LogP contribution in [0.1, 0.15) is 32.6 Å². The lowest BCUT2D eigenvalue weighted by Gasteiger charge is -2.31. The van der Waals surface area contributed by atoms with E-state index in [1.54, 1.807) is 0 Å². The van der Waals surface area contributed by atoms with Crippen LogP contribution < -0.4 is 14.8 Å². The summed E-state index contributed by atoms with van der Waals surface area (Å²) in [4.78, 5) is 12.5. The molecule has 4 heteroatoms. The second kappa shape index (κ2) is 5.49. The van der Waals surface area contributed by atoms with Crippen molar-refractivity contribution in [1.29, 1.82) is 0 Å². The number of carbonyl (C=O) groups is 1. The van der Waals surface area contributed by atoms with E-state index in [0.717, 1.165) is 11.8 Å². The van der Waals surface area contributed by atoms with E-state index < -0.39 is 6.10 Å². The highest BCUT2D eigenvalue weighted by atomic mass is 16.6. The zero-order chi connectivity index (χ0) is 15.1. The maximum atomic E-state index is 12.5. The number of fused-ring (bicyclic) bond motifs is 3. The molecule has 2 aliphatic carbocycles. The summed E-state index contributed by atoms with van der Waals surface area (Å²) < 4.78 is 11.4. The van der Waals surface area contributed by atoms with E-state index in [1.807, 2.05) is 24.3 Å². The number of hydrogen-bond donors (Lipinski definition) is 1. The van der Waals surface area contributed by atoms with Gasteiger partial charge >= 0.3 is 0 Å². The molecule has 4 rings (SSSR count). The van der Waals surface area contributed by atoms with Gasteiger partial charge in [-0.25, -0.2) is 0 Å². The average molecular weight is 301 g/mol. The molecule has 0 spiro atoms. The minimum Gasteiger partial charge on any atom is -0.485 e. The Labute approximate surface area is 131 Å². The zero-order valence-corrected chi connectivity index (χ0v) is 13.0. The molecule has 5 atom stereocenters. The van der Waals surface area contributed by atoms with Crippen LogP contribution in [0.25, 0.3) is 0 Å². The first-order valence-electron chi connectivity index (χ1n) is 8.39. The van der Waals surface area contributed by atoms with E-state index in [4.69, 9.17) is 9.47 Å². The van der Waals surface area contributed by atoms with Crippen molar-refractivity contribution in [3.05, 3.63) is 24.3 Å². The fourth-order valence-electron chi connectivity index (χ4n) is 4.48. The Morgan fingerprint density at radius 1 is 1.23 bits per heavy atom. The van der Waals surface area contributed by atoms with Gasteiger partial charge in [-0.05, 0) is 56.1 Å². The third-order valence-electron chi connectivity index (χ3n) is 5.61. The highest BCUT2D eigenvalue weighted by Gasteiger charge is 2.42. The molecule has 118 valence electrons. The van der Waals surface area contributed by atoms with Gasteiger partial charge in [0.1, 0.15) is 6.61 Å². The van der Waals surface area contributed by atoms with Crippen LogP contribution in [0, 0.1) is 17.8 Å². The first kappa shape index (κ1) is 13.9. The third kappa shape index (κ3) is 2.44. The predicted octanol–water partition coefficient (Wildman–Crippen LogP) is 2.77. The summed E-state index contributed by atoms with van der Waals surface area (Å²) in [6.45, 7) is 2.42. The van der Waals surface area contributed by atoms with Gasteiger partial charge in [0.15, 0.2) is 11.5 Å². The van der Waals surface area contributed by atoms with Crippen LogP contribution in [0.3, 0.4) is 0 Å². The van der Waals surface area contributed by atoms with Crippen molar-refractivity contribution in [2.24, 2.45) is 17.8 Å². The second-order valence-electron chi connectivity index (χ2n) is 7.00. The van der Waals surface area contributed by atoms with Crippen molar-refractivity contribution in [1.82, 2.24) is 5.32 Å². The Morgan fingerprint density at radius 3 is 2.77 bits per heavy atom. The molecule has 4 nitrogen and oxygen atoms in total. The summed E-state index contributed by atoms with van der Waals surface area (Å²) in [5, 5.41) is 3.16. The Hall–Kier alpha value is -1.71. The highest BCUT2D eigenvalue weighted by Crippen LogP contribution is 2.49. The van der Waals surface area contributed by atoms with Gasteiger partial charge in [-0.15, -0.1) is 0 Å². The monoisotopic (exact) mass is 301 g/mol. The Balaban J connectivity index is 1.37. The zero-order valence-electron chi connectivity index (χ0n) is 13.0. The number of benzene rings is 1. The maximum Gasteiger partial charge on any atom is 0.264 e. The molecule has 22 heavy (non-hydrogen) atoms. The molecule has 2 fully saturated rings. The molecule has 1 aromatic carbocycles. The standard InChI is InChI=1S/C18H23NO3/c1-11(14-9-12-6-7-13(14)8-12)19-18(20)17-10-21-15-4-2-3-5-16(15)22-17/h2-5,11-14,17H,6-10H2,1H3,(H,19,20)/t11-,12-,13-,14-,17+/m0/s1. The van der Waals surface area contributed by atoms with Crippen LogP contribution in [-0.2, 0) is 4.79 Å². The molecular formula is C18H23NO3. The van der Waals surface area contributed by atoms with E-state index in [1.165, 1.54) is 25.7 Å². The van der Waals surface area contributed by atoms with Gasteiger partial charge in [-0.3, -0.25) is 4.79 Å². The van der Waals surface area contributed by atoms with Gasteiger partial charge in [0, 0.05) is 6.04 Å². The number of amides is 1. The van der Waals surface area contributed by atoms with E-state index in [2.05, 4.69) is 12.2 Å². The predicted molar refractivity (Wildman–Crippen MR) is 82.9 cm³/mol. The molecule has 0 aromatic heterocycles. The van der Waals surface area contributed by atoms with Gasteiger partial charge in [-0.2, -0.15) is 0 Å². The van der Waals surface area contributed by atoms with Crippen molar-refractivity contribution in [2.45, 2.75) is 44.8 Å². The van der Waals surface area contributed by atoms with Crippen LogP contribution in [0.4, 0.5) is 0 Å². The number of hydrogen-bond acceptors (Lipinski definition) is 3. The van der Waals surface area contributed by atoms with Gasteiger partial charge in [0.25, 0.3) is 5.91 Å². The Morgan fingerprint density at radius 2 is 2.05 bits per heavy atom. The summed E-state index contributed by atoms with van der Waals surface area (Å²) in [5.41, 5.74) is 0. The molecule has 1 aromatic rings. The molecular weight excluding hydrogens is 278 g/mol. The molecule has 1 aliphatic heterocycles. The molecule has 1 heterocycles. The Kier molecular flexibility index (Phi) is 3.47. The molecule has 1 N–H and O–H groups in total. The normalized spacial score (nSPS) is 33.5. The van der Waals surface area contributed by atoms with Crippen molar-refractivity contribution in [3.63, 3.8) is 0 Å². The summed E-state index contributed by atoms with van der Waals surface area (Å²) in [6, 6.07) is 7.72. The average Bonchev–Trinajstić information content (AvgIpc) is 3.17. The fourth-order valence-corrected chi connectivity index (χ4v) is 4.48. The maximum absolute atomic E-state index is 12.5. The first-order chi connectivity index (χ1) is 10.7. The van der Waals surface area contributed by atoms with E-state index >= 15 is 0 Å². The van der Waals surface area contributed by atoms with Crippen LogP contribution in [-0.4, -0.2) is 24.7 Å². The molecule has 1 amide bonds. The van der Waals surface area contributed by atoms with E-state index in [0.29, 0.717) is 17.4 Å². The summed E-state index contributed by atoms with van der Waals surface area (Å²) >= 11 is 0. The van der Waals surface area contributed by atoms with E-state index in [9.17, 15) is 4.79 Å². The third-order valence-corrected chi connectivity index (χ3v) is 5.61. The smallest absolute Gasteiger partial charge is 0.264 e. The molecule has 0 radical (unpaired) electrons. The SMILES string of the molecule is C[C@H](NC(=O)[C@H]1COc2ccccc2O1)[C@@H]1C[C@H]2CC[C@H]1C2. The first-order valence-corrected chi connectivity index (χ1v) is 8.39. The number of para-hydroxylation sites is 2. The minimum absolute atomic E-state index is 0.0511. The van der Waals surface area contributed by atoms with Gasteiger partial charge < -0.3 is 14.8 Å². The lowest BCUT2D eigenvalue weighted by Crippen LogP contribution is -2.49. The molecule has 3 aliphatic rings. The fraction of sp³-hybridized carbons (Fsp3) is 0.611. The summed E-state index contributed by atoms with van der Waals surface area (Å²) in [7, 11) is 0. The highest BCUT2D eigenvalue weighted by molar-refractivity contribution is 5.82. The van der Waals surface area contributed by atoms with Crippen molar-refractivity contribution >= 4 is 5.91 Å². The largest absolute Gasteiger partial charge is 0.485 e. The number of nitrogens with one attached hydrogen (secondary N) is 1. The van der Waals surface area contributed by atoms with Crippen molar-refractivity contribution in [3.8, 4) is 11.5 Å². The van der Waals surface area contributed by atoms with Gasteiger partial charge in [0.2, 0.25) is 6.10 Å². The van der Waals surface area contributed by atoms with E-state index in [-0.39, 0.29) is 18.6 Å². The van der Waals surface area contributed by atoms with Crippen molar-refractivity contribution < 1.29 is 14.3 Å².